The summed E-state index contributed by atoms with van der Waals surface area (Å²) in [5.74, 6) is -0.0808. The number of nitrogens with zero attached hydrogens (tertiary/aromatic N) is 5. The summed E-state index contributed by atoms with van der Waals surface area (Å²) in [4.78, 5) is 33.9. The SMILES string of the molecule is CCCOC(=O)N1CCN(C(=O)c2ccc3c(Cl)cc(-c4cnn(C5CCCC5)c4)nc3c2)C[C@@H]1C.S. The largest absolute Gasteiger partial charge is 0.449 e. The number of ether oxygens (including phenoxy) is 1. The molecule has 1 saturated carbocycles. The minimum absolute atomic E-state index is 0. The minimum Gasteiger partial charge on any atom is -0.449 e. The number of benzene rings is 1. The molecule has 2 aromatic heterocycles. The van der Waals surface area contributed by atoms with Crippen LogP contribution in [-0.2, 0) is 4.74 Å². The molecule has 37 heavy (non-hydrogen) atoms. The van der Waals surface area contributed by atoms with Crippen LogP contribution < -0.4 is 0 Å². The van der Waals surface area contributed by atoms with Crippen molar-refractivity contribution in [2.24, 2.45) is 0 Å². The van der Waals surface area contributed by atoms with Gasteiger partial charge in [-0.05, 0) is 44.4 Å². The lowest BCUT2D eigenvalue weighted by molar-refractivity contribution is 0.0412. The molecule has 0 bridgehead atoms. The number of hydrogen-bond donors (Lipinski definition) is 0. The van der Waals surface area contributed by atoms with Gasteiger partial charge in [0, 0.05) is 48.4 Å². The van der Waals surface area contributed by atoms with Crippen molar-refractivity contribution in [2.75, 3.05) is 26.2 Å². The van der Waals surface area contributed by atoms with E-state index in [0.29, 0.717) is 48.4 Å². The number of amides is 2. The van der Waals surface area contributed by atoms with Gasteiger partial charge in [-0.25, -0.2) is 9.78 Å². The summed E-state index contributed by atoms with van der Waals surface area (Å²) in [6.45, 7) is 5.66. The molecule has 8 nitrogen and oxygen atoms in total. The Morgan fingerprint density at radius 3 is 2.68 bits per heavy atom. The number of pyridine rings is 1. The van der Waals surface area contributed by atoms with Crippen LogP contribution in [0.15, 0.2) is 36.7 Å². The molecule has 0 spiro atoms. The maximum absolute atomic E-state index is 13.3. The number of rotatable bonds is 5. The lowest BCUT2D eigenvalue weighted by atomic mass is 10.1. The molecule has 1 aliphatic carbocycles. The van der Waals surface area contributed by atoms with Crippen molar-refractivity contribution in [3.8, 4) is 11.3 Å². The van der Waals surface area contributed by atoms with Crippen LogP contribution in [0.4, 0.5) is 4.79 Å². The van der Waals surface area contributed by atoms with Crippen molar-refractivity contribution < 1.29 is 14.3 Å². The van der Waals surface area contributed by atoms with Gasteiger partial charge < -0.3 is 14.5 Å². The highest BCUT2D eigenvalue weighted by molar-refractivity contribution is 7.59. The maximum Gasteiger partial charge on any atom is 0.410 e. The van der Waals surface area contributed by atoms with E-state index in [4.69, 9.17) is 21.3 Å². The Morgan fingerprint density at radius 2 is 1.95 bits per heavy atom. The molecule has 3 heterocycles. The lowest BCUT2D eigenvalue weighted by Crippen LogP contribution is -2.55. The van der Waals surface area contributed by atoms with Crippen LogP contribution >= 0.6 is 25.1 Å². The zero-order valence-corrected chi connectivity index (χ0v) is 23.1. The smallest absolute Gasteiger partial charge is 0.410 e. The van der Waals surface area contributed by atoms with E-state index in [1.165, 1.54) is 12.8 Å². The Balaban J connectivity index is 0.00000320. The molecule has 1 saturated heterocycles. The first-order chi connectivity index (χ1) is 17.4. The van der Waals surface area contributed by atoms with Crippen LogP contribution in [0.5, 0.6) is 0 Å². The number of carbonyl (C=O) groups excluding carboxylic acids is 2. The minimum atomic E-state index is -0.315. The van der Waals surface area contributed by atoms with Gasteiger partial charge in [0.2, 0.25) is 0 Å². The standard InChI is InChI=1S/C27H32ClN5O3.H2S/c1-3-12-36-27(35)32-11-10-31(16-18(32)2)26(34)19-8-9-22-23(28)14-24(30-25(22)13-19)20-15-29-33(17-20)21-6-4-5-7-21;/h8-9,13-15,17-18,21H,3-7,10-12,16H2,1-2H3;1H2/t18-;/m0./s1. The summed E-state index contributed by atoms with van der Waals surface area (Å²) in [6, 6.07) is 7.65. The van der Waals surface area contributed by atoms with Crippen molar-refractivity contribution in [3.63, 3.8) is 0 Å². The van der Waals surface area contributed by atoms with Gasteiger partial charge in [-0.3, -0.25) is 9.48 Å². The van der Waals surface area contributed by atoms with E-state index in [0.717, 1.165) is 35.9 Å². The number of fused-ring (bicyclic) bond motifs is 1. The summed E-state index contributed by atoms with van der Waals surface area (Å²) in [5.41, 5.74) is 2.89. The molecule has 0 N–H and O–H groups in total. The Hall–Kier alpha value is -2.78. The maximum atomic E-state index is 13.3. The third-order valence-electron chi connectivity index (χ3n) is 7.18. The van der Waals surface area contributed by atoms with E-state index in [9.17, 15) is 9.59 Å². The third kappa shape index (κ3) is 5.72. The molecular weight excluding hydrogens is 510 g/mol. The molecule has 10 heteroatoms. The number of aromatic nitrogens is 3. The summed E-state index contributed by atoms with van der Waals surface area (Å²) in [5, 5.41) is 5.96. The van der Waals surface area contributed by atoms with Gasteiger partial charge in [0.05, 0.1) is 35.1 Å². The Bertz CT molecular complexity index is 1280. The fraction of sp³-hybridized carbons (Fsp3) is 0.481. The van der Waals surface area contributed by atoms with Gasteiger partial charge in [-0.1, -0.05) is 37.4 Å². The third-order valence-corrected chi connectivity index (χ3v) is 7.49. The van der Waals surface area contributed by atoms with Crippen LogP contribution in [0.2, 0.25) is 5.02 Å². The average Bonchev–Trinajstić information content (AvgIpc) is 3.59. The normalized spacial score (nSPS) is 18.2. The van der Waals surface area contributed by atoms with Crippen molar-refractivity contribution in [3.05, 3.63) is 47.2 Å². The summed E-state index contributed by atoms with van der Waals surface area (Å²) in [6.07, 6.45) is 9.15. The quantitative estimate of drug-likeness (QED) is 0.414. The molecule has 2 fully saturated rings. The Labute approximate surface area is 229 Å². The van der Waals surface area contributed by atoms with Crippen molar-refractivity contribution in [1.82, 2.24) is 24.6 Å². The summed E-state index contributed by atoms with van der Waals surface area (Å²) >= 11 is 6.62. The zero-order valence-electron chi connectivity index (χ0n) is 21.3. The van der Waals surface area contributed by atoms with E-state index in [2.05, 4.69) is 5.10 Å². The predicted molar refractivity (Wildman–Crippen MR) is 150 cm³/mol. The zero-order chi connectivity index (χ0) is 25.2. The monoisotopic (exact) mass is 543 g/mol. The highest BCUT2D eigenvalue weighted by Crippen LogP contribution is 2.32. The van der Waals surface area contributed by atoms with Crippen molar-refractivity contribution in [2.45, 2.75) is 58.0 Å². The molecule has 0 unspecified atom stereocenters. The highest BCUT2D eigenvalue weighted by atomic mass is 35.5. The molecule has 5 rings (SSSR count). The number of halogens is 1. The van der Waals surface area contributed by atoms with Crippen molar-refractivity contribution >= 4 is 48.0 Å². The van der Waals surface area contributed by atoms with E-state index >= 15 is 0 Å². The molecule has 0 radical (unpaired) electrons. The first kappa shape index (κ1) is 27.3. The number of piperazine rings is 1. The second-order valence-corrected chi connectivity index (χ2v) is 10.2. The molecule has 1 aromatic carbocycles. The highest BCUT2D eigenvalue weighted by Gasteiger charge is 2.31. The molecule has 3 aromatic rings. The van der Waals surface area contributed by atoms with Gasteiger partial charge in [-0.2, -0.15) is 18.6 Å². The predicted octanol–water partition coefficient (Wildman–Crippen LogP) is 5.67. The van der Waals surface area contributed by atoms with E-state index in [-0.39, 0.29) is 31.5 Å². The fourth-order valence-corrected chi connectivity index (χ4v) is 5.44. The average molecular weight is 544 g/mol. The van der Waals surface area contributed by atoms with Gasteiger partial charge in [-0.15, -0.1) is 0 Å². The second-order valence-electron chi connectivity index (χ2n) is 9.78. The van der Waals surface area contributed by atoms with Gasteiger partial charge in [0.15, 0.2) is 0 Å². The fourth-order valence-electron chi connectivity index (χ4n) is 5.17. The van der Waals surface area contributed by atoms with Gasteiger partial charge >= 0.3 is 6.09 Å². The molecule has 198 valence electrons. The molecule has 2 amide bonds. The molecule has 1 atom stereocenters. The van der Waals surface area contributed by atoms with Gasteiger partial charge in [0.1, 0.15) is 0 Å². The van der Waals surface area contributed by atoms with Crippen LogP contribution in [0.1, 0.15) is 62.4 Å². The Kier molecular flexibility index (Phi) is 8.64. The van der Waals surface area contributed by atoms with E-state index < -0.39 is 0 Å². The van der Waals surface area contributed by atoms with E-state index in [1.54, 1.807) is 21.9 Å². The van der Waals surface area contributed by atoms with Crippen molar-refractivity contribution in [1.29, 1.82) is 0 Å². The van der Waals surface area contributed by atoms with Crippen LogP contribution in [0, 0.1) is 0 Å². The van der Waals surface area contributed by atoms with Crippen LogP contribution in [-0.4, -0.2) is 68.8 Å². The lowest BCUT2D eigenvalue weighted by Gasteiger charge is -2.39. The first-order valence-electron chi connectivity index (χ1n) is 12.8. The Morgan fingerprint density at radius 1 is 1.16 bits per heavy atom. The number of carbonyl (C=O) groups is 2. The first-order valence-corrected chi connectivity index (χ1v) is 13.2. The van der Waals surface area contributed by atoms with Crippen LogP contribution in [0.3, 0.4) is 0 Å². The molecule has 2 aliphatic rings. The summed E-state index contributed by atoms with van der Waals surface area (Å²) < 4.78 is 7.32. The molecule has 1 aliphatic heterocycles. The van der Waals surface area contributed by atoms with Crippen LogP contribution in [0.25, 0.3) is 22.2 Å². The van der Waals surface area contributed by atoms with E-state index in [1.807, 2.05) is 43.1 Å². The number of hydrogen-bond acceptors (Lipinski definition) is 5. The molecular formula is C27H34ClN5O3S. The second kappa shape index (κ2) is 11.7. The topological polar surface area (TPSA) is 80.6 Å². The summed E-state index contributed by atoms with van der Waals surface area (Å²) in [7, 11) is 0. The van der Waals surface area contributed by atoms with Gasteiger partial charge in [0.25, 0.3) is 5.91 Å².